The van der Waals surface area contributed by atoms with E-state index in [4.69, 9.17) is 0 Å². The topological polar surface area (TPSA) is 74.7 Å². The van der Waals surface area contributed by atoms with Gasteiger partial charge in [0, 0.05) is 25.3 Å². The number of amidine groups is 1. The summed E-state index contributed by atoms with van der Waals surface area (Å²) in [7, 11) is 0. The Labute approximate surface area is 175 Å². The second-order valence-corrected chi connectivity index (χ2v) is 10.6. The first kappa shape index (κ1) is 19.1. The molecule has 29 heavy (non-hydrogen) atoms. The molecular formula is C22H28N4O2S. The minimum Gasteiger partial charge on any atom is -0.361 e. The third-order valence-corrected chi connectivity index (χ3v) is 8.76. The zero-order valence-corrected chi connectivity index (χ0v) is 17.7. The van der Waals surface area contributed by atoms with Crippen molar-refractivity contribution in [1.29, 1.82) is 0 Å². The van der Waals surface area contributed by atoms with Crippen LogP contribution in [-0.4, -0.2) is 50.7 Å². The number of amides is 2. The predicted octanol–water partition coefficient (Wildman–Crippen LogP) is 3.10. The molecule has 154 valence electrons. The van der Waals surface area contributed by atoms with E-state index in [1.807, 2.05) is 24.0 Å². The number of nitrogens with one attached hydrogen (secondary N) is 1. The third kappa shape index (κ3) is 3.47. The molecule has 3 fully saturated rings. The Kier molecular flexibility index (Phi) is 4.88. The lowest BCUT2D eigenvalue weighted by Crippen LogP contribution is -2.46. The standard InChI is InChI=1S/C22H28N4O2S/c1-22(16-7-10-26(11-8-16)19(27)17-4-2-3-9-23-17)20(28)25-21(29-22)24-18-13-14-5-6-15(18)12-14/h2-4,9,14-16,18H,5-8,10-13H2,1H3,(H,24,25,28)/t14-,15?,18+,22?/m1/s1. The van der Waals surface area contributed by atoms with Crippen molar-refractivity contribution in [2.24, 2.45) is 22.7 Å². The molecule has 5 rings (SSSR count). The van der Waals surface area contributed by atoms with E-state index in [0.717, 1.165) is 29.8 Å². The van der Waals surface area contributed by atoms with Crippen molar-refractivity contribution in [2.45, 2.75) is 56.2 Å². The molecule has 2 saturated carbocycles. The number of thioether (sulfide) groups is 1. The van der Waals surface area contributed by atoms with Crippen LogP contribution in [0.25, 0.3) is 0 Å². The molecule has 2 unspecified atom stereocenters. The maximum Gasteiger partial charge on any atom is 0.272 e. The maximum atomic E-state index is 12.8. The number of likely N-dealkylation sites (tertiary alicyclic amines) is 1. The SMILES string of the molecule is CC1(C2CCN(C(=O)c3ccccn3)CC2)SC(N[C@H]2C[C@@H]3CCC2C3)=NC1=O. The van der Waals surface area contributed by atoms with Crippen molar-refractivity contribution in [1.82, 2.24) is 15.2 Å². The van der Waals surface area contributed by atoms with E-state index in [9.17, 15) is 9.59 Å². The van der Waals surface area contributed by atoms with E-state index in [1.165, 1.54) is 25.7 Å². The normalized spacial score (nSPS) is 34.5. The highest BCUT2D eigenvalue weighted by Gasteiger charge is 2.49. The summed E-state index contributed by atoms with van der Waals surface area (Å²) < 4.78 is -0.514. The average Bonchev–Trinajstić information content (AvgIpc) is 3.44. The fourth-order valence-corrected chi connectivity index (χ4v) is 6.93. The van der Waals surface area contributed by atoms with E-state index in [2.05, 4.69) is 15.3 Å². The van der Waals surface area contributed by atoms with Crippen molar-refractivity contribution in [2.75, 3.05) is 13.1 Å². The first-order chi connectivity index (χ1) is 14.0. The van der Waals surface area contributed by atoms with E-state index in [0.29, 0.717) is 24.8 Å². The van der Waals surface area contributed by atoms with Crippen molar-refractivity contribution < 1.29 is 9.59 Å². The van der Waals surface area contributed by atoms with Gasteiger partial charge in [0.2, 0.25) is 0 Å². The smallest absolute Gasteiger partial charge is 0.272 e. The van der Waals surface area contributed by atoms with Crippen LogP contribution >= 0.6 is 11.8 Å². The van der Waals surface area contributed by atoms with Crippen LogP contribution in [0.3, 0.4) is 0 Å². The Morgan fingerprint density at radius 2 is 2.03 bits per heavy atom. The number of nitrogens with zero attached hydrogens (tertiary/aromatic N) is 3. The van der Waals surface area contributed by atoms with Crippen LogP contribution in [0.15, 0.2) is 29.4 Å². The van der Waals surface area contributed by atoms with E-state index >= 15 is 0 Å². The molecule has 1 aromatic heterocycles. The Balaban J connectivity index is 1.18. The largest absolute Gasteiger partial charge is 0.361 e. The number of hydrogen-bond acceptors (Lipinski definition) is 5. The fraction of sp³-hybridized carbons (Fsp3) is 0.636. The van der Waals surface area contributed by atoms with Gasteiger partial charge in [0.15, 0.2) is 5.17 Å². The third-order valence-electron chi connectivity index (χ3n) is 7.43. The molecule has 2 bridgehead atoms. The molecule has 2 aliphatic heterocycles. The molecule has 2 aliphatic carbocycles. The van der Waals surface area contributed by atoms with Gasteiger partial charge in [0.25, 0.3) is 11.8 Å². The number of aliphatic imine (C=N–C) groups is 1. The Bertz CT molecular complexity index is 836. The second kappa shape index (κ2) is 7.42. The first-order valence-electron chi connectivity index (χ1n) is 10.8. The number of aromatic nitrogens is 1. The lowest BCUT2D eigenvalue weighted by Gasteiger charge is -2.38. The minimum atomic E-state index is -0.514. The average molecular weight is 413 g/mol. The van der Waals surface area contributed by atoms with Crippen LogP contribution in [0, 0.1) is 17.8 Å². The van der Waals surface area contributed by atoms with E-state index < -0.39 is 4.75 Å². The summed E-state index contributed by atoms with van der Waals surface area (Å²) in [6.07, 6.45) is 8.54. The van der Waals surface area contributed by atoms with Gasteiger partial charge >= 0.3 is 0 Å². The van der Waals surface area contributed by atoms with Crippen LogP contribution < -0.4 is 5.32 Å². The highest BCUT2D eigenvalue weighted by atomic mass is 32.2. The van der Waals surface area contributed by atoms with Gasteiger partial charge in [0.1, 0.15) is 10.4 Å². The molecule has 4 aliphatic rings. The van der Waals surface area contributed by atoms with Crippen LogP contribution in [0.4, 0.5) is 0 Å². The molecule has 4 atom stereocenters. The molecule has 1 N–H and O–H groups in total. The molecule has 0 spiro atoms. The van der Waals surface area contributed by atoms with Gasteiger partial charge in [-0.1, -0.05) is 24.2 Å². The zero-order valence-electron chi connectivity index (χ0n) is 16.8. The summed E-state index contributed by atoms with van der Waals surface area (Å²) in [5, 5.41) is 4.42. The number of hydrogen-bond donors (Lipinski definition) is 1. The van der Waals surface area contributed by atoms with Crippen LogP contribution in [0.2, 0.25) is 0 Å². The summed E-state index contributed by atoms with van der Waals surface area (Å²) in [6, 6.07) is 5.90. The minimum absolute atomic E-state index is 0.0114. The van der Waals surface area contributed by atoms with Gasteiger partial charge in [-0.3, -0.25) is 14.6 Å². The number of carbonyl (C=O) groups excluding carboxylic acids is 2. The fourth-order valence-electron chi connectivity index (χ4n) is 5.66. The number of fused-ring (bicyclic) bond motifs is 2. The molecule has 2 amide bonds. The van der Waals surface area contributed by atoms with Crippen molar-refractivity contribution in [3.05, 3.63) is 30.1 Å². The number of carbonyl (C=O) groups is 2. The summed E-state index contributed by atoms with van der Waals surface area (Å²) in [6.45, 7) is 3.37. The van der Waals surface area contributed by atoms with Gasteiger partial charge in [-0.15, -0.1) is 0 Å². The highest BCUT2D eigenvalue weighted by Crippen LogP contribution is 2.47. The van der Waals surface area contributed by atoms with Gasteiger partial charge in [-0.2, -0.15) is 4.99 Å². The van der Waals surface area contributed by atoms with Crippen molar-refractivity contribution in [3.8, 4) is 0 Å². The Morgan fingerprint density at radius 3 is 2.69 bits per heavy atom. The monoisotopic (exact) mass is 412 g/mol. The Morgan fingerprint density at radius 1 is 1.21 bits per heavy atom. The van der Waals surface area contributed by atoms with Crippen LogP contribution in [0.5, 0.6) is 0 Å². The lowest BCUT2D eigenvalue weighted by molar-refractivity contribution is -0.121. The van der Waals surface area contributed by atoms with Gasteiger partial charge in [-0.05, 0) is 68.9 Å². The molecule has 7 heteroatoms. The molecular weight excluding hydrogens is 384 g/mol. The molecule has 6 nitrogen and oxygen atoms in total. The molecule has 1 saturated heterocycles. The predicted molar refractivity (Wildman–Crippen MR) is 114 cm³/mol. The molecule has 0 aromatic carbocycles. The summed E-state index contributed by atoms with van der Waals surface area (Å²) in [5.74, 6) is 1.83. The molecule has 3 heterocycles. The van der Waals surface area contributed by atoms with E-state index in [1.54, 1.807) is 24.0 Å². The zero-order chi connectivity index (χ0) is 20.0. The molecule has 1 aromatic rings. The van der Waals surface area contributed by atoms with Crippen LogP contribution in [0.1, 0.15) is 55.9 Å². The Hall–Kier alpha value is -1.89. The lowest BCUT2D eigenvalue weighted by atomic mass is 9.84. The van der Waals surface area contributed by atoms with Gasteiger partial charge < -0.3 is 10.2 Å². The summed E-state index contributed by atoms with van der Waals surface area (Å²) in [4.78, 5) is 35.9. The number of rotatable bonds is 3. The van der Waals surface area contributed by atoms with Crippen molar-refractivity contribution in [3.63, 3.8) is 0 Å². The maximum absolute atomic E-state index is 12.8. The van der Waals surface area contributed by atoms with Gasteiger partial charge in [-0.25, -0.2) is 0 Å². The highest BCUT2D eigenvalue weighted by molar-refractivity contribution is 8.16. The van der Waals surface area contributed by atoms with E-state index in [-0.39, 0.29) is 17.7 Å². The molecule has 0 radical (unpaired) electrons. The number of pyridine rings is 1. The van der Waals surface area contributed by atoms with Crippen molar-refractivity contribution >= 4 is 28.7 Å². The van der Waals surface area contributed by atoms with Crippen LogP contribution in [-0.2, 0) is 4.79 Å². The summed E-state index contributed by atoms with van der Waals surface area (Å²) in [5.41, 5.74) is 0.490. The van der Waals surface area contributed by atoms with Gasteiger partial charge in [0.05, 0.1) is 0 Å². The second-order valence-electron chi connectivity index (χ2n) is 9.14. The quantitative estimate of drug-likeness (QED) is 0.826. The first-order valence-corrected chi connectivity index (χ1v) is 11.6. The number of piperidine rings is 1. The summed E-state index contributed by atoms with van der Waals surface area (Å²) >= 11 is 1.62.